The van der Waals surface area contributed by atoms with Crippen molar-refractivity contribution in [2.45, 2.75) is 38.8 Å². The van der Waals surface area contributed by atoms with Gasteiger partial charge >= 0.3 is 5.97 Å². The van der Waals surface area contributed by atoms with Gasteiger partial charge in [-0.3, -0.25) is 9.59 Å². The molecule has 0 bridgehead atoms. The lowest BCUT2D eigenvalue weighted by Gasteiger charge is -2.31. The molecule has 0 radical (unpaired) electrons. The van der Waals surface area contributed by atoms with Gasteiger partial charge in [-0.05, 0) is 12.0 Å². The first kappa shape index (κ1) is 16.5. The Balaban J connectivity index is 2.05. The molecule has 1 aromatic carbocycles. The summed E-state index contributed by atoms with van der Waals surface area (Å²) < 4.78 is 0. The van der Waals surface area contributed by atoms with E-state index >= 15 is 0 Å². The zero-order chi connectivity index (χ0) is 15.9. The number of carbonyl (C=O) groups is 2. The lowest BCUT2D eigenvalue weighted by Crippen LogP contribution is -2.42. The molecule has 0 aliphatic carbocycles. The zero-order valence-electron chi connectivity index (χ0n) is 13.1. The van der Waals surface area contributed by atoms with Gasteiger partial charge in [-0.1, -0.05) is 37.3 Å². The summed E-state index contributed by atoms with van der Waals surface area (Å²) in [4.78, 5) is 27.3. The van der Waals surface area contributed by atoms with Gasteiger partial charge in [-0.15, -0.1) is 0 Å². The van der Waals surface area contributed by atoms with E-state index in [0.29, 0.717) is 26.1 Å². The normalized spacial score (nSPS) is 20.0. The Bertz CT molecular complexity index is 504. The molecule has 5 nitrogen and oxygen atoms in total. The molecule has 1 heterocycles. The average Bonchev–Trinajstić information content (AvgIpc) is 2.67. The lowest BCUT2D eigenvalue weighted by atomic mass is 10.1. The molecule has 1 atom stereocenters. The summed E-state index contributed by atoms with van der Waals surface area (Å²) in [6.45, 7) is 4.62. The number of rotatable bonds is 6. The van der Waals surface area contributed by atoms with Crippen LogP contribution in [0.2, 0.25) is 0 Å². The van der Waals surface area contributed by atoms with Crippen LogP contribution in [-0.4, -0.2) is 52.5 Å². The third kappa shape index (κ3) is 4.56. The smallest absolute Gasteiger partial charge is 0.304 e. The van der Waals surface area contributed by atoms with Gasteiger partial charge in [0.2, 0.25) is 5.91 Å². The molecule has 1 N–H and O–H groups in total. The van der Waals surface area contributed by atoms with Gasteiger partial charge in [0.25, 0.3) is 0 Å². The summed E-state index contributed by atoms with van der Waals surface area (Å²) in [5, 5.41) is 8.83. The Kier molecular flexibility index (Phi) is 5.95. The van der Waals surface area contributed by atoms with Gasteiger partial charge < -0.3 is 14.9 Å². The first-order valence-corrected chi connectivity index (χ1v) is 7.87. The van der Waals surface area contributed by atoms with Gasteiger partial charge in [-0.2, -0.15) is 0 Å². The van der Waals surface area contributed by atoms with Gasteiger partial charge in [0.1, 0.15) is 0 Å². The monoisotopic (exact) mass is 304 g/mol. The van der Waals surface area contributed by atoms with Crippen molar-refractivity contribution in [3.63, 3.8) is 0 Å². The molecule has 1 unspecified atom stereocenters. The van der Waals surface area contributed by atoms with E-state index in [0.717, 1.165) is 18.5 Å². The van der Waals surface area contributed by atoms with E-state index in [1.807, 2.05) is 35.2 Å². The average molecular weight is 304 g/mol. The highest BCUT2D eigenvalue weighted by atomic mass is 16.4. The molecule has 0 spiro atoms. The van der Waals surface area contributed by atoms with Crippen LogP contribution in [0.25, 0.3) is 0 Å². The fourth-order valence-electron chi connectivity index (χ4n) is 2.89. The summed E-state index contributed by atoms with van der Waals surface area (Å²) in [7, 11) is 0. The van der Waals surface area contributed by atoms with Crippen LogP contribution in [0.15, 0.2) is 30.3 Å². The molecule has 0 aromatic heterocycles. The minimum Gasteiger partial charge on any atom is -0.481 e. The Morgan fingerprint density at radius 3 is 2.68 bits per heavy atom. The van der Waals surface area contributed by atoms with E-state index in [9.17, 15) is 9.59 Å². The maximum Gasteiger partial charge on any atom is 0.304 e. The zero-order valence-corrected chi connectivity index (χ0v) is 13.1. The molecule has 1 aliphatic rings. The van der Waals surface area contributed by atoms with Crippen molar-refractivity contribution in [1.29, 1.82) is 0 Å². The number of amides is 1. The van der Waals surface area contributed by atoms with E-state index < -0.39 is 5.97 Å². The van der Waals surface area contributed by atoms with E-state index in [2.05, 4.69) is 11.8 Å². The van der Waals surface area contributed by atoms with E-state index in [-0.39, 0.29) is 18.4 Å². The number of carbonyl (C=O) groups excluding carboxylic acids is 1. The highest BCUT2D eigenvalue weighted by molar-refractivity contribution is 5.77. The van der Waals surface area contributed by atoms with Crippen LogP contribution >= 0.6 is 0 Å². The molecule has 2 rings (SSSR count). The number of hydrogen-bond acceptors (Lipinski definition) is 3. The summed E-state index contributed by atoms with van der Waals surface area (Å²) in [6.07, 6.45) is 1.47. The Morgan fingerprint density at radius 2 is 2.05 bits per heavy atom. The number of benzene rings is 1. The fourth-order valence-corrected chi connectivity index (χ4v) is 2.89. The first-order valence-electron chi connectivity index (χ1n) is 7.87. The maximum atomic E-state index is 12.5. The fraction of sp³-hybridized carbons (Fsp3) is 0.529. The van der Waals surface area contributed by atoms with Crippen molar-refractivity contribution >= 4 is 11.9 Å². The molecule has 120 valence electrons. The first-order chi connectivity index (χ1) is 10.6. The van der Waals surface area contributed by atoms with Crippen molar-refractivity contribution < 1.29 is 14.7 Å². The Hall–Kier alpha value is -1.88. The number of carboxylic acids is 1. The van der Waals surface area contributed by atoms with Crippen LogP contribution < -0.4 is 0 Å². The van der Waals surface area contributed by atoms with Crippen LogP contribution in [0.3, 0.4) is 0 Å². The van der Waals surface area contributed by atoms with Crippen molar-refractivity contribution in [3.8, 4) is 0 Å². The minimum absolute atomic E-state index is 0.128. The highest BCUT2D eigenvalue weighted by Gasteiger charge is 2.28. The lowest BCUT2D eigenvalue weighted by molar-refractivity contribution is -0.137. The molecule has 0 saturated carbocycles. The number of hydrogen-bond donors (Lipinski definition) is 1. The molecule has 1 aromatic rings. The Morgan fingerprint density at radius 1 is 1.32 bits per heavy atom. The summed E-state index contributed by atoms with van der Waals surface area (Å²) in [6, 6.07) is 10.2. The van der Waals surface area contributed by atoms with Gasteiger partial charge in [0, 0.05) is 38.6 Å². The van der Waals surface area contributed by atoms with Crippen LogP contribution in [-0.2, 0) is 16.1 Å². The molecule has 1 saturated heterocycles. The second-order valence-corrected chi connectivity index (χ2v) is 5.76. The number of nitrogens with zero attached hydrogens (tertiary/aromatic N) is 2. The van der Waals surface area contributed by atoms with E-state index in [1.54, 1.807) is 0 Å². The van der Waals surface area contributed by atoms with Gasteiger partial charge in [0.05, 0.1) is 6.42 Å². The summed E-state index contributed by atoms with van der Waals surface area (Å²) in [5.74, 6) is -0.627. The molecule has 1 amide bonds. The second-order valence-electron chi connectivity index (χ2n) is 5.76. The number of aliphatic carboxylic acids is 1. The van der Waals surface area contributed by atoms with Crippen LogP contribution in [0.5, 0.6) is 0 Å². The summed E-state index contributed by atoms with van der Waals surface area (Å²) >= 11 is 0. The summed E-state index contributed by atoms with van der Waals surface area (Å²) in [5.41, 5.74) is 1.13. The van der Waals surface area contributed by atoms with Crippen LogP contribution in [0, 0.1) is 0 Å². The molecule has 1 aliphatic heterocycles. The molecule has 22 heavy (non-hydrogen) atoms. The third-order valence-corrected chi connectivity index (χ3v) is 4.18. The van der Waals surface area contributed by atoms with Crippen molar-refractivity contribution in [3.05, 3.63) is 35.9 Å². The van der Waals surface area contributed by atoms with Crippen molar-refractivity contribution in [2.24, 2.45) is 0 Å². The molecular weight excluding hydrogens is 280 g/mol. The third-order valence-electron chi connectivity index (χ3n) is 4.18. The van der Waals surface area contributed by atoms with Gasteiger partial charge in [-0.25, -0.2) is 0 Å². The predicted molar refractivity (Wildman–Crippen MR) is 84.4 cm³/mol. The van der Waals surface area contributed by atoms with E-state index in [1.165, 1.54) is 0 Å². The SMILES string of the molecule is CCC1CN(CCC(=O)O)CCC(=O)N1Cc1ccccc1. The Labute approximate surface area is 131 Å². The maximum absolute atomic E-state index is 12.5. The minimum atomic E-state index is -0.787. The highest BCUT2D eigenvalue weighted by Crippen LogP contribution is 2.17. The largest absolute Gasteiger partial charge is 0.481 e. The van der Waals surface area contributed by atoms with Crippen LogP contribution in [0.1, 0.15) is 31.7 Å². The van der Waals surface area contributed by atoms with E-state index in [4.69, 9.17) is 5.11 Å². The molecule has 5 heteroatoms. The van der Waals surface area contributed by atoms with Crippen LogP contribution in [0.4, 0.5) is 0 Å². The van der Waals surface area contributed by atoms with Crippen molar-refractivity contribution in [2.75, 3.05) is 19.6 Å². The quantitative estimate of drug-likeness (QED) is 0.873. The van der Waals surface area contributed by atoms with Crippen molar-refractivity contribution in [1.82, 2.24) is 9.80 Å². The molecular formula is C17H24N2O3. The second kappa shape index (κ2) is 7.94. The molecule has 1 fully saturated rings. The van der Waals surface area contributed by atoms with Gasteiger partial charge in [0.15, 0.2) is 0 Å². The topological polar surface area (TPSA) is 60.9 Å². The number of carboxylic acid groups (broad SMARTS) is 1. The predicted octanol–water partition coefficient (Wildman–Crippen LogP) is 1.97. The standard InChI is InChI=1S/C17H24N2O3/c1-2-15-13-18(11-9-17(21)22)10-8-16(20)19(15)12-14-6-4-3-5-7-14/h3-7,15H,2,8-13H2,1H3,(H,21,22).